The molecule has 0 amide bonds. The minimum absolute atomic E-state index is 0.456. The van der Waals surface area contributed by atoms with E-state index < -0.39 is 10.3 Å². The summed E-state index contributed by atoms with van der Waals surface area (Å²) in [5, 5.41) is 0. The van der Waals surface area contributed by atoms with Crippen molar-refractivity contribution < 1.29 is 8.42 Å². The van der Waals surface area contributed by atoms with Gasteiger partial charge in [-0.3, -0.25) is 0 Å². The molecular formula is C6H6O2S. The van der Waals surface area contributed by atoms with Crippen LogP contribution in [0.5, 0.6) is 0 Å². The number of hydrogen-bond donors (Lipinski definition) is 0. The van der Waals surface area contributed by atoms with E-state index in [9.17, 15) is 8.42 Å². The highest BCUT2D eigenvalue weighted by atomic mass is 32.2. The Kier molecular flexibility index (Phi) is 1.85. The Morgan fingerprint density at radius 3 is 2.44 bits per heavy atom. The van der Waals surface area contributed by atoms with Crippen molar-refractivity contribution in [2.75, 3.05) is 0 Å². The maximum atomic E-state index is 10.2. The zero-order valence-corrected chi connectivity index (χ0v) is 5.56. The van der Waals surface area contributed by atoms with Crippen molar-refractivity contribution in [3.05, 3.63) is 24.3 Å². The Labute approximate surface area is 55.0 Å². The van der Waals surface area contributed by atoms with Gasteiger partial charge in [-0.1, -0.05) is 18.2 Å². The molecule has 0 saturated heterocycles. The Hall–Kier alpha value is -0.830. The molecule has 1 aliphatic rings. The van der Waals surface area contributed by atoms with E-state index in [1.165, 1.54) is 0 Å². The minimum Gasteiger partial charge on any atom is -0.184 e. The summed E-state index contributed by atoms with van der Waals surface area (Å²) in [4.78, 5) is 0.456. The average Bonchev–Trinajstić information content (AvgIpc) is 1.90. The second kappa shape index (κ2) is 2.64. The van der Waals surface area contributed by atoms with Crippen molar-refractivity contribution in [1.29, 1.82) is 0 Å². The van der Waals surface area contributed by atoms with Gasteiger partial charge in [0.25, 0.3) is 0 Å². The van der Waals surface area contributed by atoms with Crippen molar-refractivity contribution in [3.63, 3.8) is 0 Å². The van der Waals surface area contributed by atoms with E-state index in [1.807, 2.05) is 12.2 Å². The summed E-state index contributed by atoms with van der Waals surface area (Å²) in [6, 6.07) is 0. The normalized spacial score (nSPS) is 16.2. The van der Waals surface area contributed by atoms with Crippen molar-refractivity contribution in [2.24, 2.45) is 0 Å². The van der Waals surface area contributed by atoms with Gasteiger partial charge in [0.15, 0.2) is 0 Å². The summed E-state index contributed by atoms with van der Waals surface area (Å²) < 4.78 is 20.5. The average molecular weight is 142 g/mol. The van der Waals surface area contributed by atoms with Gasteiger partial charge in [0.05, 0.1) is 4.86 Å². The second-order valence-electron chi connectivity index (χ2n) is 1.69. The zero-order chi connectivity index (χ0) is 6.69. The number of allylic oxidation sites excluding steroid dienone is 4. The van der Waals surface area contributed by atoms with Gasteiger partial charge in [-0.2, -0.15) is 8.42 Å². The van der Waals surface area contributed by atoms with Crippen molar-refractivity contribution >= 4 is 15.2 Å². The fraction of sp³-hybridized carbons (Fsp3) is 0.167. The van der Waals surface area contributed by atoms with E-state index in [0.717, 1.165) is 0 Å². The molecule has 0 aromatic heterocycles. The molecule has 0 fully saturated rings. The van der Waals surface area contributed by atoms with Crippen LogP contribution < -0.4 is 0 Å². The van der Waals surface area contributed by atoms with Crippen LogP contribution in [0.2, 0.25) is 0 Å². The summed E-state index contributed by atoms with van der Waals surface area (Å²) in [5.41, 5.74) is 0. The van der Waals surface area contributed by atoms with Crippen LogP contribution in [0.15, 0.2) is 24.3 Å². The molecule has 0 aromatic rings. The first-order valence-electron chi connectivity index (χ1n) is 2.59. The first-order valence-corrected chi connectivity index (χ1v) is 3.66. The molecule has 48 valence electrons. The van der Waals surface area contributed by atoms with Gasteiger partial charge >= 0.3 is 0 Å². The summed E-state index contributed by atoms with van der Waals surface area (Å²) in [5.74, 6) is 0. The molecular weight excluding hydrogens is 136 g/mol. The number of hydrogen-bond acceptors (Lipinski definition) is 2. The third-order valence-electron chi connectivity index (χ3n) is 1.06. The summed E-state index contributed by atoms with van der Waals surface area (Å²) >= 11 is 0. The van der Waals surface area contributed by atoms with E-state index in [4.69, 9.17) is 0 Å². The van der Waals surface area contributed by atoms with E-state index in [2.05, 4.69) is 0 Å². The van der Waals surface area contributed by atoms with Gasteiger partial charge in [0, 0.05) is 6.42 Å². The highest BCUT2D eigenvalue weighted by Gasteiger charge is 1.94. The fourth-order valence-electron chi connectivity index (χ4n) is 0.617. The van der Waals surface area contributed by atoms with E-state index in [1.54, 1.807) is 12.2 Å². The molecule has 3 heteroatoms. The van der Waals surface area contributed by atoms with Crippen LogP contribution in [0.25, 0.3) is 0 Å². The van der Waals surface area contributed by atoms with Gasteiger partial charge in [0.2, 0.25) is 10.3 Å². The fourth-order valence-corrected chi connectivity index (χ4v) is 1.04. The molecule has 0 N–H and O–H groups in total. The Balaban J connectivity index is 3.05. The number of rotatable bonds is 0. The summed E-state index contributed by atoms with van der Waals surface area (Å²) in [6.07, 6.45) is 7.49. The third-order valence-corrected chi connectivity index (χ3v) is 1.79. The minimum atomic E-state index is -2.02. The predicted octanol–water partition coefficient (Wildman–Crippen LogP) is 0.554. The van der Waals surface area contributed by atoms with Gasteiger partial charge in [0.1, 0.15) is 0 Å². The molecule has 0 saturated carbocycles. The molecule has 1 aliphatic carbocycles. The maximum absolute atomic E-state index is 10.2. The standard InChI is InChI=1S/C6H6O2S/c7-9(8)6-4-2-1-3-5-6/h1-4H,5H2. The topological polar surface area (TPSA) is 34.1 Å². The highest BCUT2D eigenvalue weighted by Crippen LogP contribution is 1.96. The molecule has 2 nitrogen and oxygen atoms in total. The first-order chi connectivity index (χ1) is 4.30. The molecule has 0 aromatic carbocycles. The predicted molar refractivity (Wildman–Crippen MR) is 36.8 cm³/mol. The lowest BCUT2D eigenvalue weighted by Crippen LogP contribution is -1.94. The SMILES string of the molecule is O=S(=O)=C1C=CC=CC1. The lowest BCUT2D eigenvalue weighted by atomic mass is 10.2. The molecule has 0 aliphatic heterocycles. The van der Waals surface area contributed by atoms with Gasteiger partial charge in [-0.25, -0.2) is 0 Å². The van der Waals surface area contributed by atoms with Crippen LogP contribution in [0.3, 0.4) is 0 Å². The molecule has 1 rings (SSSR count). The Bertz CT molecular complexity index is 272. The maximum Gasteiger partial charge on any atom is 0.217 e. The van der Waals surface area contributed by atoms with Crippen LogP contribution in [0.1, 0.15) is 6.42 Å². The molecule has 0 radical (unpaired) electrons. The zero-order valence-electron chi connectivity index (χ0n) is 4.74. The third kappa shape index (κ3) is 1.54. The van der Waals surface area contributed by atoms with E-state index in [-0.39, 0.29) is 0 Å². The molecule has 0 atom stereocenters. The van der Waals surface area contributed by atoms with Crippen molar-refractivity contribution in [3.8, 4) is 0 Å². The Morgan fingerprint density at radius 1 is 1.33 bits per heavy atom. The summed E-state index contributed by atoms with van der Waals surface area (Å²) in [7, 11) is -2.02. The molecule has 9 heavy (non-hydrogen) atoms. The van der Waals surface area contributed by atoms with Gasteiger partial charge in [-0.15, -0.1) is 0 Å². The van der Waals surface area contributed by atoms with Gasteiger partial charge < -0.3 is 0 Å². The molecule has 0 spiro atoms. The largest absolute Gasteiger partial charge is 0.217 e. The van der Waals surface area contributed by atoms with E-state index >= 15 is 0 Å². The second-order valence-corrected chi connectivity index (χ2v) is 2.69. The lowest BCUT2D eigenvalue weighted by molar-refractivity contribution is 0.627. The van der Waals surface area contributed by atoms with Crippen LogP contribution in [0.4, 0.5) is 0 Å². The smallest absolute Gasteiger partial charge is 0.184 e. The monoisotopic (exact) mass is 142 g/mol. The molecule has 0 unspecified atom stereocenters. The Morgan fingerprint density at radius 2 is 2.11 bits per heavy atom. The molecule has 0 bridgehead atoms. The van der Waals surface area contributed by atoms with Crippen LogP contribution in [-0.2, 0) is 10.3 Å². The van der Waals surface area contributed by atoms with Gasteiger partial charge in [-0.05, 0) is 6.08 Å². The quantitative estimate of drug-likeness (QED) is 0.463. The van der Waals surface area contributed by atoms with Crippen LogP contribution in [-0.4, -0.2) is 13.3 Å². The van der Waals surface area contributed by atoms with Crippen molar-refractivity contribution in [1.82, 2.24) is 0 Å². The first kappa shape index (κ1) is 6.29. The summed E-state index contributed by atoms with van der Waals surface area (Å²) in [6.45, 7) is 0. The van der Waals surface area contributed by atoms with Crippen LogP contribution >= 0.6 is 0 Å². The molecule has 0 heterocycles. The highest BCUT2D eigenvalue weighted by molar-refractivity contribution is 7.73. The van der Waals surface area contributed by atoms with Crippen molar-refractivity contribution in [2.45, 2.75) is 6.42 Å². The van der Waals surface area contributed by atoms with E-state index in [0.29, 0.717) is 11.3 Å². The lowest BCUT2D eigenvalue weighted by Gasteiger charge is -1.91. The van der Waals surface area contributed by atoms with Crippen LogP contribution in [0, 0.1) is 0 Å².